The summed E-state index contributed by atoms with van der Waals surface area (Å²) in [7, 11) is 1.65. The third-order valence-corrected chi connectivity index (χ3v) is 3.85. The summed E-state index contributed by atoms with van der Waals surface area (Å²) in [5, 5.41) is 0.682. The van der Waals surface area contributed by atoms with Gasteiger partial charge in [-0.1, -0.05) is 41.4 Å². The number of methoxy groups -OCH3 is 1. The van der Waals surface area contributed by atoms with Crippen LogP contribution in [0.15, 0.2) is 42.5 Å². The van der Waals surface area contributed by atoms with Crippen LogP contribution in [0.1, 0.15) is 29.2 Å². The molecule has 3 nitrogen and oxygen atoms in total. The molecule has 0 aliphatic heterocycles. The zero-order chi connectivity index (χ0) is 15.2. The fraction of sp³-hybridized carbons (Fsp3) is 0.294. The number of rotatable bonds is 6. The van der Waals surface area contributed by atoms with Crippen molar-refractivity contribution in [2.75, 3.05) is 7.11 Å². The summed E-state index contributed by atoms with van der Waals surface area (Å²) in [6, 6.07) is 14.1. The van der Waals surface area contributed by atoms with Crippen molar-refractivity contribution in [2.24, 2.45) is 5.84 Å². The van der Waals surface area contributed by atoms with Crippen molar-refractivity contribution in [2.45, 2.75) is 25.8 Å². The second kappa shape index (κ2) is 7.46. The minimum absolute atomic E-state index is 0.0000435. The van der Waals surface area contributed by atoms with Gasteiger partial charge < -0.3 is 4.74 Å². The van der Waals surface area contributed by atoms with Crippen molar-refractivity contribution in [1.82, 2.24) is 5.43 Å². The van der Waals surface area contributed by atoms with Crippen molar-refractivity contribution in [1.29, 1.82) is 0 Å². The molecule has 0 fully saturated rings. The number of hydrazine groups is 1. The van der Waals surface area contributed by atoms with Crippen LogP contribution in [0, 0.1) is 6.92 Å². The van der Waals surface area contributed by atoms with E-state index in [2.05, 4.69) is 36.6 Å². The largest absolute Gasteiger partial charge is 0.496 e. The van der Waals surface area contributed by atoms with E-state index in [9.17, 15) is 0 Å². The van der Waals surface area contributed by atoms with Gasteiger partial charge in [0, 0.05) is 16.6 Å². The summed E-state index contributed by atoms with van der Waals surface area (Å²) in [5.74, 6) is 6.52. The lowest BCUT2D eigenvalue weighted by molar-refractivity contribution is 0.396. The maximum absolute atomic E-state index is 6.09. The summed E-state index contributed by atoms with van der Waals surface area (Å²) in [6.45, 7) is 2.09. The topological polar surface area (TPSA) is 47.3 Å². The number of benzene rings is 2. The maximum Gasteiger partial charge on any atom is 0.123 e. The lowest BCUT2D eigenvalue weighted by Crippen LogP contribution is -2.28. The number of ether oxygens (including phenoxy) is 1. The molecule has 0 aromatic heterocycles. The molecule has 2 aromatic rings. The monoisotopic (exact) mass is 304 g/mol. The molecule has 1 atom stereocenters. The van der Waals surface area contributed by atoms with Gasteiger partial charge in [0.2, 0.25) is 0 Å². The Hall–Kier alpha value is -1.55. The lowest BCUT2D eigenvalue weighted by Gasteiger charge is -2.19. The Morgan fingerprint density at radius 1 is 1.19 bits per heavy atom. The molecule has 0 heterocycles. The lowest BCUT2D eigenvalue weighted by atomic mass is 9.98. The standard InChI is InChI=1S/C17H21ClN2O/c1-12-3-5-13(6-4-12)7-9-16(20-19)15-11-14(18)8-10-17(15)21-2/h3-6,8,10-11,16,20H,7,9,19H2,1-2H3. The quantitative estimate of drug-likeness (QED) is 0.630. The van der Waals surface area contributed by atoms with Gasteiger partial charge in [0.1, 0.15) is 5.75 Å². The number of hydrogen-bond acceptors (Lipinski definition) is 3. The Balaban J connectivity index is 2.12. The molecule has 4 heteroatoms. The van der Waals surface area contributed by atoms with Gasteiger partial charge in [-0.15, -0.1) is 0 Å². The zero-order valence-corrected chi connectivity index (χ0v) is 13.2. The van der Waals surface area contributed by atoms with E-state index in [-0.39, 0.29) is 6.04 Å². The molecule has 0 bridgehead atoms. The van der Waals surface area contributed by atoms with Gasteiger partial charge in [-0.25, -0.2) is 0 Å². The molecule has 0 amide bonds. The first-order valence-corrected chi connectivity index (χ1v) is 7.37. The molecule has 0 saturated carbocycles. The van der Waals surface area contributed by atoms with Crippen LogP contribution in [-0.4, -0.2) is 7.11 Å². The molecule has 0 saturated heterocycles. The van der Waals surface area contributed by atoms with Crippen LogP contribution in [0.4, 0.5) is 0 Å². The highest BCUT2D eigenvalue weighted by molar-refractivity contribution is 6.30. The second-order valence-electron chi connectivity index (χ2n) is 5.13. The maximum atomic E-state index is 6.09. The molecular formula is C17H21ClN2O. The van der Waals surface area contributed by atoms with E-state index in [1.807, 2.05) is 18.2 Å². The Morgan fingerprint density at radius 3 is 2.52 bits per heavy atom. The zero-order valence-electron chi connectivity index (χ0n) is 12.4. The summed E-state index contributed by atoms with van der Waals surface area (Å²) in [6.07, 6.45) is 1.81. The SMILES string of the molecule is COc1ccc(Cl)cc1C(CCc1ccc(C)cc1)NN. The van der Waals surface area contributed by atoms with Gasteiger partial charge in [-0.3, -0.25) is 11.3 Å². The van der Waals surface area contributed by atoms with Gasteiger partial charge in [0.25, 0.3) is 0 Å². The highest BCUT2D eigenvalue weighted by Gasteiger charge is 2.15. The number of nitrogens with two attached hydrogens (primary N) is 1. The molecular weight excluding hydrogens is 284 g/mol. The predicted molar refractivity (Wildman–Crippen MR) is 87.6 cm³/mol. The van der Waals surface area contributed by atoms with Gasteiger partial charge in [-0.2, -0.15) is 0 Å². The highest BCUT2D eigenvalue weighted by Crippen LogP contribution is 2.30. The van der Waals surface area contributed by atoms with Gasteiger partial charge in [-0.05, 0) is 43.5 Å². The molecule has 0 aliphatic rings. The van der Waals surface area contributed by atoms with Crippen molar-refractivity contribution in [3.63, 3.8) is 0 Å². The first kappa shape index (κ1) is 15.8. The smallest absolute Gasteiger partial charge is 0.123 e. The summed E-state index contributed by atoms with van der Waals surface area (Å²) >= 11 is 6.09. The summed E-state index contributed by atoms with van der Waals surface area (Å²) in [4.78, 5) is 0. The van der Waals surface area contributed by atoms with Crippen LogP contribution in [0.3, 0.4) is 0 Å². The normalized spacial score (nSPS) is 12.2. The van der Waals surface area contributed by atoms with E-state index in [0.717, 1.165) is 24.2 Å². The van der Waals surface area contributed by atoms with Gasteiger partial charge >= 0.3 is 0 Å². The van der Waals surface area contributed by atoms with Crippen LogP contribution < -0.4 is 16.0 Å². The Labute approximate surface area is 131 Å². The van der Waals surface area contributed by atoms with Crippen molar-refractivity contribution < 1.29 is 4.74 Å². The van der Waals surface area contributed by atoms with E-state index in [0.29, 0.717) is 5.02 Å². The van der Waals surface area contributed by atoms with Crippen LogP contribution in [0.25, 0.3) is 0 Å². The van der Waals surface area contributed by atoms with E-state index >= 15 is 0 Å². The first-order chi connectivity index (χ1) is 10.1. The van der Waals surface area contributed by atoms with Gasteiger partial charge in [0.15, 0.2) is 0 Å². The van der Waals surface area contributed by atoms with E-state index in [1.165, 1.54) is 11.1 Å². The molecule has 2 aromatic carbocycles. The summed E-state index contributed by atoms with van der Waals surface area (Å²) in [5.41, 5.74) is 6.41. The van der Waals surface area contributed by atoms with Gasteiger partial charge in [0.05, 0.1) is 7.11 Å². The molecule has 3 N–H and O–H groups in total. The molecule has 21 heavy (non-hydrogen) atoms. The van der Waals surface area contributed by atoms with Crippen molar-refractivity contribution in [3.8, 4) is 5.75 Å². The van der Waals surface area contributed by atoms with Crippen molar-refractivity contribution in [3.05, 3.63) is 64.2 Å². The average Bonchev–Trinajstić information content (AvgIpc) is 2.50. The summed E-state index contributed by atoms with van der Waals surface area (Å²) < 4.78 is 5.40. The molecule has 1 unspecified atom stereocenters. The minimum atomic E-state index is -0.0000435. The predicted octanol–water partition coefficient (Wildman–Crippen LogP) is 3.79. The second-order valence-corrected chi connectivity index (χ2v) is 5.57. The third-order valence-electron chi connectivity index (χ3n) is 3.61. The van der Waals surface area contributed by atoms with E-state index in [4.69, 9.17) is 22.2 Å². The molecule has 2 rings (SSSR count). The van der Waals surface area contributed by atoms with E-state index in [1.54, 1.807) is 7.11 Å². The van der Waals surface area contributed by atoms with Crippen LogP contribution in [0.5, 0.6) is 5.75 Å². The fourth-order valence-corrected chi connectivity index (χ4v) is 2.55. The number of halogens is 1. The Morgan fingerprint density at radius 2 is 1.90 bits per heavy atom. The van der Waals surface area contributed by atoms with Crippen LogP contribution >= 0.6 is 11.6 Å². The highest BCUT2D eigenvalue weighted by atomic mass is 35.5. The van der Waals surface area contributed by atoms with Crippen LogP contribution in [0.2, 0.25) is 5.02 Å². The van der Waals surface area contributed by atoms with Crippen molar-refractivity contribution >= 4 is 11.6 Å². The first-order valence-electron chi connectivity index (χ1n) is 6.99. The molecule has 0 spiro atoms. The third kappa shape index (κ3) is 4.21. The number of hydrogen-bond donors (Lipinski definition) is 2. The molecule has 112 valence electrons. The Bertz CT molecular complexity index is 584. The fourth-order valence-electron chi connectivity index (χ4n) is 2.37. The van der Waals surface area contributed by atoms with E-state index < -0.39 is 0 Å². The Kier molecular flexibility index (Phi) is 5.62. The number of nitrogens with one attached hydrogen (secondary N) is 1. The van der Waals surface area contributed by atoms with Crippen LogP contribution in [-0.2, 0) is 6.42 Å². The number of aryl methyl sites for hydroxylation is 2. The average molecular weight is 305 g/mol. The minimum Gasteiger partial charge on any atom is -0.496 e. The molecule has 0 radical (unpaired) electrons. The molecule has 0 aliphatic carbocycles.